The zero-order valence-corrected chi connectivity index (χ0v) is 11.6. The number of nitrogens with zero attached hydrogens (tertiary/aromatic N) is 2. The standard InChI is InChI=1S/C12H25N3O3/c1-14(2)12(16)10-15-6-4-11(5-7-15)13-18-9-8-17-3/h11,13H,4-10H2,1-3H3. The molecule has 0 atom stereocenters. The molecule has 0 bridgehead atoms. The summed E-state index contributed by atoms with van der Waals surface area (Å²) in [6, 6.07) is 0.382. The molecule has 6 heteroatoms. The maximum atomic E-state index is 11.6. The van der Waals surface area contributed by atoms with Crippen LogP contribution in [0.5, 0.6) is 0 Å². The number of piperidine rings is 1. The maximum Gasteiger partial charge on any atom is 0.236 e. The van der Waals surface area contributed by atoms with Gasteiger partial charge in [0, 0.05) is 40.3 Å². The second-order valence-corrected chi connectivity index (χ2v) is 4.80. The van der Waals surface area contributed by atoms with Crippen LogP contribution in [0.25, 0.3) is 0 Å². The lowest BCUT2D eigenvalue weighted by molar-refractivity contribution is -0.130. The molecule has 0 unspecified atom stereocenters. The Balaban J connectivity index is 2.11. The number of hydroxylamine groups is 1. The van der Waals surface area contributed by atoms with E-state index in [1.165, 1.54) is 0 Å². The van der Waals surface area contributed by atoms with Crippen molar-refractivity contribution >= 4 is 5.91 Å². The summed E-state index contributed by atoms with van der Waals surface area (Å²) in [5, 5.41) is 0. The summed E-state index contributed by atoms with van der Waals surface area (Å²) in [5.74, 6) is 0.165. The molecule has 106 valence electrons. The van der Waals surface area contributed by atoms with E-state index in [2.05, 4.69) is 10.4 Å². The van der Waals surface area contributed by atoms with Gasteiger partial charge in [0.1, 0.15) is 0 Å². The molecule has 1 amide bonds. The van der Waals surface area contributed by atoms with Crippen LogP contribution in [0.4, 0.5) is 0 Å². The first-order chi connectivity index (χ1) is 8.63. The van der Waals surface area contributed by atoms with Crippen molar-refractivity contribution in [1.29, 1.82) is 0 Å². The number of likely N-dealkylation sites (tertiary alicyclic amines) is 1. The first kappa shape index (κ1) is 15.4. The molecule has 0 spiro atoms. The third-order valence-corrected chi connectivity index (χ3v) is 3.08. The van der Waals surface area contributed by atoms with Gasteiger partial charge in [0.05, 0.1) is 19.8 Å². The van der Waals surface area contributed by atoms with Crippen LogP contribution < -0.4 is 5.48 Å². The van der Waals surface area contributed by atoms with Gasteiger partial charge < -0.3 is 9.64 Å². The van der Waals surface area contributed by atoms with Gasteiger partial charge in [0.25, 0.3) is 0 Å². The van der Waals surface area contributed by atoms with E-state index >= 15 is 0 Å². The summed E-state index contributed by atoms with van der Waals surface area (Å²) >= 11 is 0. The highest BCUT2D eigenvalue weighted by atomic mass is 16.7. The number of ether oxygens (including phenoxy) is 1. The van der Waals surface area contributed by atoms with Crippen molar-refractivity contribution in [2.45, 2.75) is 18.9 Å². The highest BCUT2D eigenvalue weighted by molar-refractivity contribution is 5.77. The molecule has 0 aromatic heterocycles. The van der Waals surface area contributed by atoms with Crippen molar-refractivity contribution in [3.8, 4) is 0 Å². The molecular formula is C12H25N3O3. The number of methoxy groups -OCH3 is 1. The predicted octanol–water partition coefficient (Wildman–Crippen LogP) is -0.293. The Labute approximate surface area is 109 Å². The zero-order chi connectivity index (χ0) is 13.4. The molecule has 0 aromatic carbocycles. The molecule has 6 nitrogen and oxygen atoms in total. The average molecular weight is 259 g/mol. The number of nitrogens with one attached hydrogen (secondary N) is 1. The minimum atomic E-state index is 0.165. The number of hydrogen-bond acceptors (Lipinski definition) is 5. The second kappa shape index (κ2) is 8.42. The number of carbonyl (C=O) groups is 1. The quantitative estimate of drug-likeness (QED) is 0.503. The molecule has 1 fully saturated rings. The van der Waals surface area contributed by atoms with Gasteiger partial charge in [-0.25, -0.2) is 0 Å². The minimum absolute atomic E-state index is 0.165. The summed E-state index contributed by atoms with van der Waals surface area (Å²) in [6.45, 7) is 3.55. The van der Waals surface area contributed by atoms with Gasteiger partial charge in [-0.05, 0) is 12.8 Å². The summed E-state index contributed by atoms with van der Waals surface area (Å²) in [7, 11) is 5.24. The van der Waals surface area contributed by atoms with Gasteiger partial charge in [-0.15, -0.1) is 0 Å². The number of rotatable bonds is 7. The van der Waals surface area contributed by atoms with Crippen LogP contribution in [0.2, 0.25) is 0 Å². The van der Waals surface area contributed by atoms with Gasteiger partial charge in [-0.1, -0.05) is 0 Å². The lowest BCUT2D eigenvalue weighted by Crippen LogP contribution is -2.46. The van der Waals surface area contributed by atoms with E-state index < -0.39 is 0 Å². The molecule has 1 saturated heterocycles. The van der Waals surface area contributed by atoms with E-state index in [0.717, 1.165) is 25.9 Å². The lowest BCUT2D eigenvalue weighted by atomic mass is 10.1. The van der Waals surface area contributed by atoms with Crippen molar-refractivity contribution in [3.05, 3.63) is 0 Å². The predicted molar refractivity (Wildman–Crippen MR) is 69.1 cm³/mol. The van der Waals surface area contributed by atoms with Gasteiger partial charge >= 0.3 is 0 Å². The van der Waals surface area contributed by atoms with Gasteiger partial charge in [0.2, 0.25) is 5.91 Å². The van der Waals surface area contributed by atoms with Crippen molar-refractivity contribution in [2.75, 3.05) is 54.1 Å². The van der Waals surface area contributed by atoms with Crippen molar-refractivity contribution in [3.63, 3.8) is 0 Å². The van der Waals surface area contributed by atoms with E-state index in [1.807, 2.05) is 0 Å². The molecule has 1 rings (SSSR count). The summed E-state index contributed by atoms with van der Waals surface area (Å²) in [4.78, 5) is 20.7. The van der Waals surface area contributed by atoms with Crippen LogP contribution in [0.3, 0.4) is 0 Å². The normalized spacial score (nSPS) is 17.9. The summed E-state index contributed by atoms with van der Waals surface area (Å²) in [6.07, 6.45) is 2.02. The molecule has 18 heavy (non-hydrogen) atoms. The second-order valence-electron chi connectivity index (χ2n) is 4.80. The Bertz CT molecular complexity index is 241. The molecule has 1 N–H and O–H groups in total. The molecule has 1 heterocycles. The Morgan fingerprint density at radius 3 is 2.56 bits per heavy atom. The van der Waals surface area contributed by atoms with Crippen molar-refractivity contribution < 1.29 is 14.4 Å². The highest BCUT2D eigenvalue weighted by Gasteiger charge is 2.21. The maximum absolute atomic E-state index is 11.6. The summed E-state index contributed by atoms with van der Waals surface area (Å²) < 4.78 is 4.90. The van der Waals surface area contributed by atoms with Crippen molar-refractivity contribution in [1.82, 2.24) is 15.3 Å². The third kappa shape index (κ3) is 5.77. The molecule has 0 aliphatic carbocycles. The number of hydrogen-bond donors (Lipinski definition) is 1. The van der Waals surface area contributed by atoms with E-state index in [-0.39, 0.29) is 5.91 Å². The van der Waals surface area contributed by atoms with Crippen LogP contribution in [-0.2, 0) is 14.4 Å². The number of amides is 1. The van der Waals surface area contributed by atoms with Crippen LogP contribution in [0.15, 0.2) is 0 Å². The van der Waals surface area contributed by atoms with Crippen LogP contribution in [0.1, 0.15) is 12.8 Å². The molecule has 1 aliphatic heterocycles. The zero-order valence-electron chi connectivity index (χ0n) is 11.6. The van der Waals surface area contributed by atoms with E-state index in [1.54, 1.807) is 26.1 Å². The highest BCUT2D eigenvalue weighted by Crippen LogP contribution is 2.10. The Morgan fingerprint density at radius 1 is 1.33 bits per heavy atom. The number of likely N-dealkylation sites (N-methyl/N-ethyl adjacent to an activating group) is 1. The summed E-state index contributed by atoms with van der Waals surface area (Å²) in [5.41, 5.74) is 3.05. The van der Waals surface area contributed by atoms with Gasteiger partial charge in [-0.3, -0.25) is 14.5 Å². The van der Waals surface area contributed by atoms with E-state index in [0.29, 0.717) is 25.8 Å². The molecule has 0 saturated carbocycles. The molecule has 1 aliphatic rings. The van der Waals surface area contributed by atoms with Crippen molar-refractivity contribution in [2.24, 2.45) is 0 Å². The van der Waals surface area contributed by atoms with Crippen LogP contribution >= 0.6 is 0 Å². The Hall–Kier alpha value is -0.690. The van der Waals surface area contributed by atoms with Gasteiger partial charge in [0.15, 0.2) is 0 Å². The fraction of sp³-hybridized carbons (Fsp3) is 0.917. The number of carbonyl (C=O) groups excluding carboxylic acids is 1. The monoisotopic (exact) mass is 259 g/mol. The molecule has 0 aromatic rings. The van der Waals surface area contributed by atoms with E-state index in [9.17, 15) is 4.79 Å². The lowest BCUT2D eigenvalue weighted by Gasteiger charge is -2.32. The smallest absolute Gasteiger partial charge is 0.236 e. The van der Waals surface area contributed by atoms with Crippen LogP contribution in [-0.4, -0.2) is 75.8 Å². The Kier molecular flexibility index (Phi) is 7.19. The first-order valence-electron chi connectivity index (χ1n) is 6.42. The fourth-order valence-corrected chi connectivity index (χ4v) is 1.84. The Morgan fingerprint density at radius 2 is 2.00 bits per heavy atom. The SMILES string of the molecule is COCCONC1CCN(CC(=O)N(C)C)CC1. The first-order valence-corrected chi connectivity index (χ1v) is 6.42. The van der Waals surface area contributed by atoms with Gasteiger partial charge in [-0.2, -0.15) is 5.48 Å². The molecule has 0 radical (unpaired) electrons. The molecular weight excluding hydrogens is 234 g/mol. The topological polar surface area (TPSA) is 54.0 Å². The average Bonchev–Trinajstić information content (AvgIpc) is 2.36. The largest absolute Gasteiger partial charge is 0.382 e. The fourth-order valence-electron chi connectivity index (χ4n) is 1.84. The minimum Gasteiger partial charge on any atom is -0.382 e. The van der Waals surface area contributed by atoms with E-state index in [4.69, 9.17) is 9.57 Å². The third-order valence-electron chi connectivity index (χ3n) is 3.08. The van der Waals surface area contributed by atoms with Crippen LogP contribution in [0, 0.1) is 0 Å².